The van der Waals surface area contributed by atoms with Gasteiger partial charge in [-0.2, -0.15) is 0 Å². The number of rotatable bonds is 1. The molecule has 1 nitrogen and oxygen atoms in total. The summed E-state index contributed by atoms with van der Waals surface area (Å²) in [7, 11) is 0. The summed E-state index contributed by atoms with van der Waals surface area (Å²) in [5, 5.41) is 3.47. The lowest BCUT2D eigenvalue weighted by molar-refractivity contribution is 0.116. The third-order valence-electron chi connectivity index (χ3n) is 5.06. The van der Waals surface area contributed by atoms with Crippen molar-refractivity contribution >= 4 is 21.6 Å². The Balaban J connectivity index is 1.98. The summed E-state index contributed by atoms with van der Waals surface area (Å²) in [6, 6.07) is 3.29. The maximum atomic E-state index is 13.7. The van der Waals surface area contributed by atoms with Crippen LogP contribution in [0, 0.1) is 17.2 Å². The van der Waals surface area contributed by atoms with E-state index in [-0.39, 0.29) is 5.82 Å². The van der Waals surface area contributed by atoms with E-state index in [2.05, 4.69) is 35.1 Å². The molecule has 2 aliphatic rings. The minimum Gasteiger partial charge on any atom is -0.383 e. The normalized spacial score (nSPS) is 28.8. The van der Waals surface area contributed by atoms with E-state index in [1.54, 1.807) is 12.1 Å². The van der Waals surface area contributed by atoms with E-state index in [1.807, 2.05) is 0 Å². The van der Waals surface area contributed by atoms with Crippen molar-refractivity contribution < 1.29 is 4.39 Å². The zero-order chi connectivity index (χ0) is 13.6. The van der Waals surface area contributed by atoms with Gasteiger partial charge in [-0.3, -0.25) is 0 Å². The molecule has 1 heterocycles. The summed E-state index contributed by atoms with van der Waals surface area (Å²) < 4.78 is 14.6. The molecule has 1 fully saturated rings. The van der Waals surface area contributed by atoms with Gasteiger partial charge < -0.3 is 5.32 Å². The van der Waals surface area contributed by atoms with Crippen LogP contribution < -0.4 is 5.32 Å². The van der Waals surface area contributed by atoms with Crippen LogP contribution in [0.25, 0.3) is 0 Å². The van der Waals surface area contributed by atoms with Crippen LogP contribution in [0.2, 0.25) is 0 Å². The molecule has 19 heavy (non-hydrogen) atoms. The fourth-order valence-corrected chi connectivity index (χ4v) is 4.61. The van der Waals surface area contributed by atoms with Gasteiger partial charge in [-0.05, 0) is 57.8 Å². The Morgan fingerprint density at radius 2 is 2.11 bits per heavy atom. The Morgan fingerprint density at radius 3 is 2.84 bits per heavy atom. The van der Waals surface area contributed by atoms with E-state index >= 15 is 0 Å². The van der Waals surface area contributed by atoms with E-state index in [0.717, 1.165) is 16.7 Å². The third kappa shape index (κ3) is 2.31. The van der Waals surface area contributed by atoms with Crippen molar-refractivity contribution in [1.82, 2.24) is 0 Å². The number of hydrogen-bond acceptors (Lipinski definition) is 1. The quantitative estimate of drug-likeness (QED) is 0.737. The fraction of sp³-hybridized carbons (Fsp3) is 0.625. The first kappa shape index (κ1) is 13.4. The number of halogens is 2. The highest BCUT2D eigenvalue weighted by Crippen LogP contribution is 2.51. The molecular formula is C16H21BrFN. The average Bonchev–Trinajstić information content (AvgIpc) is 2.72. The number of nitrogens with one attached hydrogen (secondary N) is 1. The SMILES string of the molecule is CC1(C)CCCCC1C1CNc2c(Br)cc(F)cc21. The van der Waals surface area contributed by atoms with Gasteiger partial charge >= 0.3 is 0 Å². The first-order valence-electron chi connectivity index (χ1n) is 7.22. The predicted octanol–water partition coefficient (Wildman–Crippen LogP) is 5.31. The molecule has 0 saturated heterocycles. The summed E-state index contributed by atoms with van der Waals surface area (Å²) in [4.78, 5) is 0. The van der Waals surface area contributed by atoms with E-state index in [4.69, 9.17) is 0 Å². The molecule has 1 N–H and O–H groups in total. The Bertz CT molecular complexity index is 498. The molecular weight excluding hydrogens is 305 g/mol. The van der Waals surface area contributed by atoms with Crippen molar-refractivity contribution in [2.45, 2.75) is 45.4 Å². The highest BCUT2D eigenvalue weighted by Gasteiger charge is 2.41. The second-order valence-electron chi connectivity index (χ2n) is 6.68. The number of benzene rings is 1. The molecule has 1 aromatic rings. The minimum absolute atomic E-state index is 0.132. The Hall–Kier alpha value is -0.570. The Kier molecular flexibility index (Phi) is 3.36. The zero-order valence-corrected chi connectivity index (χ0v) is 13.2. The van der Waals surface area contributed by atoms with E-state index in [1.165, 1.54) is 31.2 Å². The summed E-state index contributed by atoms with van der Waals surface area (Å²) in [5.74, 6) is 0.981. The molecule has 1 aliphatic heterocycles. The molecule has 2 unspecified atom stereocenters. The van der Waals surface area contributed by atoms with E-state index in [9.17, 15) is 4.39 Å². The summed E-state index contributed by atoms with van der Waals surface area (Å²) >= 11 is 3.48. The molecule has 1 aliphatic carbocycles. The maximum absolute atomic E-state index is 13.7. The monoisotopic (exact) mass is 325 g/mol. The molecule has 0 spiro atoms. The van der Waals surface area contributed by atoms with Crippen LogP contribution in [0.3, 0.4) is 0 Å². The fourth-order valence-electron chi connectivity index (χ4n) is 4.02. The first-order valence-corrected chi connectivity index (χ1v) is 8.01. The molecule has 0 amide bonds. The van der Waals surface area contributed by atoms with Crippen molar-refractivity contribution in [3.63, 3.8) is 0 Å². The minimum atomic E-state index is -0.132. The Morgan fingerprint density at radius 1 is 1.32 bits per heavy atom. The van der Waals surface area contributed by atoms with Crippen LogP contribution in [0.15, 0.2) is 16.6 Å². The van der Waals surface area contributed by atoms with E-state index in [0.29, 0.717) is 17.3 Å². The van der Waals surface area contributed by atoms with Gasteiger partial charge in [0, 0.05) is 16.9 Å². The summed E-state index contributed by atoms with van der Waals surface area (Å²) in [5.41, 5.74) is 2.64. The van der Waals surface area contributed by atoms with Gasteiger partial charge in [0.25, 0.3) is 0 Å². The van der Waals surface area contributed by atoms with Gasteiger partial charge in [-0.1, -0.05) is 26.7 Å². The van der Waals surface area contributed by atoms with Crippen LogP contribution in [0.5, 0.6) is 0 Å². The van der Waals surface area contributed by atoms with Gasteiger partial charge in [-0.25, -0.2) is 4.39 Å². The number of hydrogen-bond donors (Lipinski definition) is 1. The predicted molar refractivity (Wildman–Crippen MR) is 81.1 cm³/mol. The topological polar surface area (TPSA) is 12.0 Å². The molecule has 104 valence electrons. The molecule has 0 bridgehead atoms. The van der Waals surface area contributed by atoms with Crippen molar-refractivity contribution in [3.8, 4) is 0 Å². The molecule has 1 saturated carbocycles. The van der Waals surface area contributed by atoms with Gasteiger partial charge in [0.15, 0.2) is 0 Å². The molecule has 0 aromatic heterocycles. The van der Waals surface area contributed by atoms with Gasteiger partial charge in [0.2, 0.25) is 0 Å². The number of fused-ring (bicyclic) bond motifs is 1. The van der Waals surface area contributed by atoms with Crippen LogP contribution in [-0.2, 0) is 0 Å². The third-order valence-corrected chi connectivity index (χ3v) is 5.68. The molecule has 1 aromatic carbocycles. The Labute approximate surface area is 123 Å². The molecule has 2 atom stereocenters. The van der Waals surface area contributed by atoms with E-state index < -0.39 is 0 Å². The van der Waals surface area contributed by atoms with Crippen LogP contribution in [-0.4, -0.2) is 6.54 Å². The van der Waals surface area contributed by atoms with Gasteiger partial charge in [-0.15, -0.1) is 0 Å². The smallest absolute Gasteiger partial charge is 0.124 e. The zero-order valence-electron chi connectivity index (χ0n) is 11.6. The summed E-state index contributed by atoms with van der Waals surface area (Å²) in [6.45, 7) is 5.71. The average molecular weight is 326 g/mol. The lowest BCUT2D eigenvalue weighted by Gasteiger charge is -2.42. The van der Waals surface area contributed by atoms with Crippen molar-refractivity contribution in [2.24, 2.45) is 11.3 Å². The highest BCUT2D eigenvalue weighted by molar-refractivity contribution is 9.10. The van der Waals surface area contributed by atoms with Crippen molar-refractivity contribution in [1.29, 1.82) is 0 Å². The molecule has 3 rings (SSSR count). The summed E-state index contributed by atoms with van der Waals surface area (Å²) in [6.07, 6.45) is 5.21. The molecule has 3 heteroatoms. The van der Waals surface area contributed by atoms with Crippen LogP contribution >= 0.6 is 15.9 Å². The second-order valence-corrected chi connectivity index (χ2v) is 7.53. The van der Waals surface area contributed by atoms with Gasteiger partial charge in [0.1, 0.15) is 5.82 Å². The lowest BCUT2D eigenvalue weighted by Crippen LogP contribution is -2.33. The number of anilines is 1. The highest BCUT2D eigenvalue weighted by atomic mass is 79.9. The van der Waals surface area contributed by atoms with Gasteiger partial charge in [0.05, 0.1) is 5.69 Å². The largest absolute Gasteiger partial charge is 0.383 e. The second kappa shape index (κ2) is 4.76. The standard InChI is InChI=1S/C16H21BrFN/c1-16(2)6-4-3-5-13(16)12-9-19-15-11(12)7-10(18)8-14(15)17/h7-8,12-13,19H,3-6,9H2,1-2H3. The first-order chi connectivity index (χ1) is 8.99. The maximum Gasteiger partial charge on any atom is 0.124 e. The van der Waals surface area contributed by atoms with Crippen molar-refractivity contribution in [2.75, 3.05) is 11.9 Å². The van der Waals surface area contributed by atoms with Crippen LogP contribution in [0.1, 0.15) is 51.0 Å². The van der Waals surface area contributed by atoms with Crippen LogP contribution in [0.4, 0.5) is 10.1 Å². The molecule has 0 radical (unpaired) electrons. The van der Waals surface area contributed by atoms with Crippen molar-refractivity contribution in [3.05, 3.63) is 28.0 Å². The lowest BCUT2D eigenvalue weighted by atomic mass is 9.63.